The van der Waals surface area contributed by atoms with Crippen LogP contribution in [0.5, 0.6) is 0 Å². The molecule has 0 amide bonds. The van der Waals surface area contributed by atoms with Crippen molar-refractivity contribution in [1.82, 2.24) is 5.32 Å². The Morgan fingerprint density at radius 2 is 2.29 bits per heavy atom. The van der Waals surface area contributed by atoms with Crippen molar-refractivity contribution in [3.8, 4) is 0 Å². The van der Waals surface area contributed by atoms with E-state index in [1.54, 1.807) is 6.08 Å². The minimum absolute atomic E-state index is 0. The molecule has 1 spiro atoms. The second-order valence-corrected chi connectivity index (χ2v) is 4.15. The Morgan fingerprint density at radius 1 is 1.59 bits per heavy atom. The number of hydrogen-bond donors (Lipinski definition) is 1. The Hall–Kier alpha value is -0.206. The van der Waals surface area contributed by atoms with Crippen LogP contribution in [0.25, 0.3) is 0 Å². The first-order chi connectivity index (χ1) is 7.77. The Morgan fingerprint density at radius 3 is 2.88 bits per heavy atom. The van der Waals surface area contributed by atoms with E-state index in [1.807, 2.05) is 26.8 Å². The second kappa shape index (κ2) is 5.62. The first-order valence-electron chi connectivity index (χ1n) is 5.92. The molecule has 2 fully saturated rings. The molecule has 0 bridgehead atoms. The quantitative estimate of drug-likeness (QED) is 0.753. The summed E-state index contributed by atoms with van der Waals surface area (Å²) in [6.07, 6.45) is 10.7. The van der Waals surface area contributed by atoms with Gasteiger partial charge < -0.3 is 22.3 Å². The second-order valence-electron chi connectivity index (χ2n) is 4.15. The molecule has 2 nitrogen and oxygen atoms in total. The van der Waals surface area contributed by atoms with E-state index in [0.717, 1.165) is 17.8 Å². The zero-order valence-electron chi connectivity index (χ0n) is 10.6. The molecule has 1 aliphatic heterocycles. The van der Waals surface area contributed by atoms with E-state index < -0.39 is 0 Å². The molecule has 2 aliphatic carbocycles. The van der Waals surface area contributed by atoms with Crippen molar-refractivity contribution in [3.05, 3.63) is 35.6 Å². The summed E-state index contributed by atoms with van der Waals surface area (Å²) in [4.78, 5) is 11.4. The van der Waals surface area contributed by atoms with E-state index in [4.69, 9.17) is 0 Å². The molecule has 3 aliphatic rings. The van der Waals surface area contributed by atoms with Gasteiger partial charge in [0.2, 0.25) is 0 Å². The standard InChI is InChI=1S/C12H11NO.C2H6.Y/c1-2-3-8-4-10(14)5-11-12(8)6-9(12)7-13-11;1-2;/h3,5,9,13H,6-7H2,1H3;1-2H3;/q-2;;. The number of allylic oxidation sites excluding steroid dienone is 5. The fourth-order valence-corrected chi connectivity index (χ4v) is 2.67. The number of carbonyl (C=O) groups excluding carboxylic acids is 1. The fraction of sp³-hybridized carbons (Fsp3) is 0.500. The predicted molar refractivity (Wildman–Crippen MR) is 63.2 cm³/mol. The van der Waals surface area contributed by atoms with E-state index in [0.29, 0.717) is 5.92 Å². The first-order valence-corrected chi connectivity index (χ1v) is 5.92. The monoisotopic (exact) mass is 304 g/mol. The van der Waals surface area contributed by atoms with Crippen LogP contribution in [0, 0.1) is 23.5 Å². The van der Waals surface area contributed by atoms with Gasteiger partial charge in [0.05, 0.1) is 5.78 Å². The smallest absolute Gasteiger partial charge is 0.0519 e. The molecular formula is C14H17NOY-2. The zero-order valence-corrected chi connectivity index (χ0v) is 13.5. The van der Waals surface area contributed by atoms with Gasteiger partial charge in [0.15, 0.2) is 0 Å². The third kappa shape index (κ3) is 2.22. The Balaban J connectivity index is 0.000000459. The topological polar surface area (TPSA) is 29.1 Å². The van der Waals surface area contributed by atoms with Crippen molar-refractivity contribution in [2.24, 2.45) is 11.3 Å². The van der Waals surface area contributed by atoms with Crippen LogP contribution in [-0.4, -0.2) is 12.3 Å². The summed E-state index contributed by atoms with van der Waals surface area (Å²) in [5.74, 6) is 0.654. The predicted octanol–water partition coefficient (Wildman–Crippen LogP) is 2.20. The molecule has 0 aromatic carbocycles. The zero-order chi connectivity index (χ0) is 11.8. The minimum Gasteiger partial charge on any atom is -0.399 e. The molecule has 2 unspecified atom stereocenters. The minimum atomic E-state index is -0.0211. The number of piperidine rings is 1. The normalized spacial score (nSPS) is 32.2. The van der Waals surface area contributed by atoms with Gasteiger partial charge >= 0.3 is 0 Å². The molecule has 1 saturated heterocycles. The number of hydrogen-bond acceptors (Lipinski definition) is 2. The first kappa shape index (κ1) is 14.9. The average Bonchev–Trinajstić information content (AvgIpc) is 2.92. The van der Waals surface area contributed by atoms with E-state index in [9.17, 15) is 4.79 Å². The van der Waals surface area contributed by atoms with E-state index >= 15 is 0 Å². The van der Waals surface area contributed by atoms with Crippen LogP contribution >= 0.6 is 0 Å². The molecule has 3 heteroatoms. The molecule has 3 rings (SSSR count). The van der Waals surface area contributed by atoms with Crippen molar-refractivity contribution in [2.45, 2.75) is 27.2 Å². The summed E-state index contributed by atoms with van der Waals surface area (Å²) < 4.78 is 0. The van der Waals surface area contributed by atoms with Gasteiger partial charge in [0.1, 0.15) is 0 Å². The van der Waals surface area contributed by atoms with Crippen LogP contribution in [-0.2, 0) is 37.5 Å². The SMILES string of the molecule is CC.C[C-]=CC1=[C-]C(=O)C=C2NCC3CC123.[Y]. The van der Waals surface area contributed by atoms with Gasteiger partial charge in [-0.25, -0.2) is 6.08 Å². The Bertz CT molecular complexity index is 408. The van der Waals surface area contributed by atoms with Gasteiger partial charge in [0, 0.05) is 39.3 Å². The summed E-state index contributed by atoms with van der Waals surface area (Å²) >= 11 is 0. The maximum Gasteiger partial charge on any atom is 0.0519 e. The van der Waals surface area contributed by atoms with Crippen molar-refractivity contribution in [2.75, 3.05) is 6.54 Å². The molecular weight excluding hydrogens is 287 g/mol. The molecule has 2 atom stereocenters. The van der Waals surface area contributed by atoms with Gasteiger partial charge in [-0.2, -0.15) is 0 Å². The molecule has 0 aromatic rings. The average molecular weight is 304 g/mol. The van der Waals surface area contributed by atoms with Crippen LogP contribution in [0.15, 0.2) is 23.4 Å². The number of ketones is 1. The largest absolute Gasteiger partial charge is 0.399 e. The van der Waals surface area contributed by atoms with Crippen molar-refractivity contribution in [3.63, 3.8) is 0 Å². The van der Waals surface area contributed by atoms with Gasteiger partial charge in [-0.05, 0) is 11.6 Å². The summed E-state index contributed by atoms with van der Waals surface area (Å²) in [6, 6.07) is 0. The van der Waals surface area contributed by atoms with Crippen molar-refractivity contribution >= 4 is 5.78 Å². The van der Waals surface area contributed by atoms with Crippen LogP contribution in [0.4, 0.5) is 0 Å². The van der Waals surface area contributed by atoms with Crippen LogP contribution < -0.4 is 5.32 Å². The molecule has 89 valence electrons. The summed E-state index contributed by atoms with van der Waals surface area (Å²) in [5, 5.41) is 3.30. The fourth-order valence-electron chi connectivity index (χ4n) is 2.67. The molecule has 1 saturated carbocycles. The van der Waals surface area contributed by atoms with Crippen molar-refractivity contribution < 1.29 is 37.5 Å². The summed E-state index contributed by atoms with van der Waals surface area (Å²) in [5.41, 5.74) is 2.25. The molecule has 0 aromatic heterocycles. The number of nitrogens with one attached hydrogen (secondary N) is 1. The third-order valence-electron chi connectivity index (χ3n) is 3.43. The number of carbonyl (C=O) groups is 1. The van der Waals surface area contributed by atoms with Crippen LogP contribution in [0.1, 0.15) is 27.2 Å². The van der Waals surface area contributed by atoms with Gasteiger partial charge in [-0.3, -0.25) is 5.57 Å². The van der Waals surface area contributed by atoms with Gasteiger partial charge in [0.25, 0.3) is 0 Å². The number of rotatable bonds is 1. The van der Waals surface area contributed by atoms with Gasteiger partial charge in [-0.1, -0.05) is 31.8 Å². The van der Waals surface area contributed by atoms with Crippen molar-refractivity contribution in [1.29, 1.82) is 0 Å². The maximum absolute atomic E-state index is 11.4. The van der Waals surface area contributed by atoms with Gasteiger partial charge in [-0.15, -0.1) is 6.92 Å². The molecule has 1 radical (unpaired) electrons. The summed E-state index contributed by atoms with van der Waals surface area (Å²) in [6.45, 7) is 6.86. The van der Waals surface area contributed by atoms with E-state index in [1.165, 1.54) is 6.42 Å². The van der Waals surface area contributed by atoms with E-state index in [2.05, 4.69) is 17.5 Å². The van der Waals surface area contributed by atoms with Crippen LogP contribution in [0.2, 0.25) is 0 Å². The molecule has 1 N–H and O–H groups in total. The Kier molecular flexibility index (Phi) is 4.91. The molecule has 1 heterocycles. The molecule has 17 heavy (non-hydrogen) atoms. The van der Waals surface area contributed by atoms with Crippen LogP contribution in [0.3, 0.4) is 0 Å². The third-order valence-corrected chi connectivity index (χ3v) is 3.43. The maximum atomic E-state index is 11.4. The Labute approximate surface area is 128 Å². The van der Waals surface area contributed by atoms with E-state index in [-0.39, 0.29) is 43.9 Å². The summed E-state index contributed by atoms with van der Waals surface area (Å²) in [7, 11) is 0.